The van der Waals surface area contributed by atoms with Crippen molar-refractivity contribution in [3.05, 3.63) is 64.7 Å². The Bertz CT molecular complexity index is 951. The first kappa shape index (κ1) is 21.3. The van der Waals surface area contributed by atoms with Crippen molar-refractivity contribution in [3.8, 4) is 11.8 Å². The van der Waals surface area contributed by atoms with Crippen molar-refractivity contribution < 1.29 is 9.53 Å². The largest absolute Gasteiger partial charge is 0.462 e. The highest BCUT2D eigenvalue weighted by Crippen LogP contribution is 2.44. The van der Waals surface area contributed by atoms with Gasteiger partial charge in [0.2, 0.25) is 0 Å². The lowest BCUT2D eigenvalue weighted by atomic mass is 9.77. The van der Waals surface area contributed by atoms with Crippen molar-refractivity contribution in [2.75, 3.05) is 11.5 Å². The molecule has 4 heteroatoms. The van der Waals surface area contributed by atoms with Crippen LogP contribution >= 0.6 is 12.6 Å². The van der Waals surface area contributed by atoms with E-state index < -0.39 is 0 Å². The number of anilines is 1. The average molecular weight is 408 g/mol. The van der Waals surface area contributed by atoms with Crippen LogP contribution in [0.2, 0.25) is 0 Å². The van der Waals surface area contributed by atoms with E-state index in [-0.39, 0.29) is 16.8 Å². The Kier molecular flexibility index (Phi) is 6.29. The predicted molar refractivity (Wildman–Crippen MR) is 123 cm³/mol. The molecule has 3 nitrogen and oxygen atoms in total. The van der Waals surface area contributed by atoms with E-state index in [0.717, 1.165) is 17.5 Å². The van der Waals surface area contributed by atoms with Crippen LogP contribution in [0.4, 0.5) is 5.69 Å². The highest BCUT2D eigenvalue weighted by molar-refractivity contribution is 7.81. The van der Waals surface area contributed by atoms with Gasteiger partial charge in [-0.05, 0) is 74.6 Å². The molecule has 1 atom stereocenters. The number of nitrogens with zero attached hydrogens (tertiary/aromatic N) is 1. The third-order valence-corrected chi connectivity index (χ3v) is 5.75. The Labute approximate surface area is 179 Å². The number of benzene rings is 2. The van der Waals surface area contributed by atoms with Crippen LogP contribution < -0.4 is 4.90 Å². The summed E-state index contributed by atoms with van der Waals surface area (Å²) in [6, 6.07) is 14.1. The second-order valence-corrected chi connectivity index (χ2v) is 8.95. The lowest BCUT2D eigenvalue weighted by Gasteiger charge is -2.46. The van der Waals surface area contributed by atoms with E-state index in [4.69, 9.17) is 17.4 Å². The standard InChI is InChI=1S/C25H29NO2S/c1-6-28-24(27)20-12-9-18(10-13-20)7-8-19-11-14-21-22(15-19)26(17(2)3)23(29)16-25(21,4)5/h9-15,17,23,29H,6,16H2,1-5H3. The van der Waals surface area contributed by atoms with Crippen molar-refractivity contribution in [3.63, 3.8) is 0 Å². The number of thiol groups is 1. The Morgan fingerprint density at radius 3 is 2.41 bits per heavy atom. The molecule has 0 aromatic heterocycles. The van der Waals surface area contributed by atoms with Gasteiger partial charge in [-0.25, -0.2) is 4.79 Å². The van der Waals surface area contributed by atoms with Crippen molar-refractivity contribution >= 4 is 24.3 Å². The number of rotatable bonds is 3. The third-order valence-electron chi connectivity index (χ3n) is 5.32. The molecule has 0 radical (unpaired) electrons. The molecule has 1 heterocycles. The van der Waals surface area contributed by atoms with Gasteiger partial charge in [0.15, 0.2) is 0 Å². The van der Waals surface area contributed by atoms with Crippen LogP contribution in [0.1, 0.15) is 68.1 Å². The predicted octanol–water partition coefficient (Wildman–Crippen LogP) is 5.42. The van der Waals surface area contributed by atoms with E-state index in [1.54, 1.807) is 19.1 Å². The number of carbonyl (C=O) groups excluding carboxylic acids is 1. The molecule has 0 amide bonds. The summed E-state index contributed by atoms with van der Waals surface area (Å²) >= 11 is 4.87. The fourth-order valence-corrected chi connectivity index (χ4v) is 4.74. The quantitative estimate of drug-likeness (QED) is 0.419. The zero-order chi connectivity index (χ0) is 21.2. The molecule has 0 aliphatic carbocycles. The Morgan fingerprint density at radius 2 is 1.79 bits per heavy atom. The zero-order valence-electron chi connectivity index (χ0n) is 17.8. The van der Waals surface area contributed by atoms with Gasteiger partial charge in [0.25, 0.3) is 0 Å². The van der Waals surface area contributed by atoms with E-state index in [0.29, 0.717) is 18.2 Å². The number of ether oxygens (including phenoxy) is 1. The molecule has 0 fully saturated rings. The van der Waals surface area contributed by atoms with Crippen LogP contribution in [0.5, 0.6) is 0 Å². The van der Waals surface area contributed by atoms with Gasteiger partial charge < -0.3 is 9.64 Å². The van der Waals surface area contributed by atoms with Gasteiger partial charge in [0.05, 0.1) is 17.5 Å². The van der Waals surface area contributed by atoms with Crippen LogP contribution in [-0.4, -0.2) is 24.0 Å². The maximum Gasteiger partial charge on any atom is 0.338 e. The number of esters is 1. The highest BCUT2D eigenvalue weighted by Gasteiger charge is 2.36. The van der Waals surface area contributed by atoms with Gasteiger partial charge in [-0.1, -0.05) is 31.8 Å². The monoisotopic (exact) mass is 407 g/mol. The van der Waals surface area contributed by atoms with Crippen molar-refractivity contribution in [2.24, 2.45) is 0 Å². The van der Waals surface area contributed by atoms with Crippen LogP contribution in [0.25, 0.3) is 0 Å². The molecule has 152 valence electrons. The minimum Gasteiger partial charge on any atom is -0.462 e. The summed E-state index contributed by atoms with van der Waals surface area (Å²) in [4.78, 5) is 14.1. The number of hydrogen-bond donors (Lipinski definition) is 1. The number of carbonyl (C=O) groups is 1. The van der Waals surface area contributed by atoms with Crippen molar-refractivity contribution in [2.45, 2.75) is 57.9 Å². The van der Waals surface area contributed by atoms with E-state index in [1.807, 2.05) is 12.1 Å². The summed E-state index contributed by atoms with van der Waals surface area (Å²) in [6.07, 6.45) is 1.01. The second kappa shape index (κ2) is 8.55. The molecule has 2 aromatic rings. The van der Waals surface area contributed by atoms with Gasteiger partial charge in [-0.15, -0.1) is 0 Å². The Hall–Kier alpha value is -2.38. The summed E-state index contributed by atoms with van der Waals surface area (Å²) in [6.45, 7) is 11.1. The summed E-state index contributed by atoms with van der Waals surface area (Å²) < 4.78 is 5.02. The van der Waals surface area contributed by atoms with Gasteiger partial charge in [0, 0.05) is 22.9 Å². The smallest absolute Gasteiger partial charge is 0.338 e. The first-order valence-electron chi connectivity index (χ1n) is 10.1. The van der Waals surface area contributed by atoms with Crippen LogP contribution in [0, 0.1) is 11.8 Å². The Balaban J connectivity index is 1.90. The molecule has 1 unspecified atom stereocenters. The minimum atomic E-state index is -0.306. The second-order valence-electron chi connectivity index (χ2n) is 8.35. The van der Waals surface area contributed by atoms with Crippen LogP contribution in [0.15, 0.2) is 42.5 Å². The first-order chi connectivity index (χ1) is 13.7. The Morgan fingerprint density at radius 1 is 1.17 bits per heavy atom. The lowest BCUT2D eigenvalue weighted by Crippen LogP contribution is -2.46. The fraction of sp³-hybridized carbons (Fsp3) is 0.400. The molecule has 0 saturated heterocycles. The van der Waals surface area contributed by atoms with E-state index in [2.05, 4.69) is 62.6 Å². The van der Waals surface area contributed by atoms with Crippen LogP contribution in [-0.2, 0) is 10.2 Å². The van der Waals surface area contributed by atoms with Gasteiger partial charge in [-0.2, -0.15) is 12.6 Å². The molecule has 0 bridgehead atoms. The van der Waals surface area contributed by atoms with Crippen molar-refractivity contribution in [1.29, 1.82) is 0 Å². The van der Waals surface area contributed by atoms with E-state index in [9.17, 15) is 4.79 Å². The number of hydrogen-bond acceptors (Lipinski definition) is 4. The maximum atomic E-state index is 11.8. The van der Waals surface area contributed by atoms with Crippen LogP contribution in [0.3, 0.4) is 0 Å². The SMILES string of the molecule is CCOC(=O)c1ccc(C#Cc2ccc3c(c2)N(C(C)C)C(S)CC3(C)C)cc1. The fourth-order valence-electron chi connectivity index (χ4n) is 3.89. The lowest BCUT2D eigenvalue weighted by molar-refractivity contribution is 0.0526. The molecule has 0 saturated carbocycles. The van der Waals surface area contributed by atoms with E-state index >= 15 is 0 Å². The molecule has 29 heavy (non-hydrogen) atoms. The summed E-state index contributed by atoms with van der Waals surface area (Å²) in [5.41, 5.74) is 5.04. The summed E-state index contributed by atoms with van der Waals surface area (Å²) in [7, 11) is 0. The summed E-state index contributed by atoms with van der Waals surface area (Å²) in [5.74, 6) is 6.16. The third kappa shape index (κ3) is 4.62. The number of fused-ring (bicyclic) bond motifs is 1. The first-order valence-corrected chi connectivity index (χ1v) is 10.6. The minimum absolute atomic E-state index is 0.0853. The topological polar surface area (TPSA) is 29.5 Å². The molecule has 0 N–H and O–H groups in total. The zero-order valence-corrected chi connectivity index (χ0v) is 18.7. The normalized spacial score (nSPS) is 17.3. The highest BCUT2D eigenvalue weighted by atomic mass is 32.1. The molecule has 1 aliphatic rings. The average Bonchev–Trinajstić information content (AvgIpc) is 2.66. The van der Waals surface area contributed by atoms with E-state index in [1.165, 1.54) is 11.3 Å². The molecule has 0 spiro atoms. The van der Waals surface area contributed by atoms with Crippen molar-refractivity contribution in [1.82, 2.24) is 0 Å². The molecule has 3 rings (SSSR count). The maximum absolute atomic E-state index is 11.8. The molecule has 1 aliphatic heterocycles. The molecular weight excluding hydrogens is 378 g/mol. The molecule has 2 aromatic carbocycles. The van der Waals surface area contributed by atoms with Gasteiger partial charge in [0.1, 0.15) is 0 Å². The van der Waals surface area contributed by atoms with Gasteiger partial charge in [-0.3, -0.25) is 0 Å². The molecular formula is C25H29NO2S. The van der Waals surface area contributed by atoms with Gasteiger partial charge >= 0.3 is 5.97 Å². The summed E-state index contributed by atoms with van der Waals surface area (Å²) in [5, 5.41) is 0.191.